The van der Waals surface area contributed by atoms with Crippen LogP contribution < -0.4 is 11.0 Å². The monoisotopic (exact) mass is 423 g/mol. The summed E-state index contributed by atoms with van der Waals surface area (Å²) >= 11 is 1.57. The van der Waals surface area contributed by atoms with E-state index < -0.39 is 0 Å². The lowest BCUT2D eigenvalue weighted by Crippen LogP contribution is -2.35. The van der Waals surface area contributed by atoms with Crippen LogP contribution in [0.1, 0.15) is 39.7 Å². The number of amides is 1. The molecule has 10 heteroatoms. The molecular formula is C20H21N7O2S. The van der Waals surface area contributed by atoms with Gasteiger partial charge < -0.3 is 5.32 Å². The van der Waals surface area contributed by atoms with Crippen LogP contribution in [0.5, 0.6) is 0 Å². The van der Waals surface area contributed by atoms with Gasteiger partial charge in [-0.3, -0.25) is 9.36 Å². The number of pyridine rings is 1. The molecule has 4 aromatic heterocycles. The van der Waals surface area contributed by atoms with Gasteiger partial charge in [-0.25, -0.2) is 19.0 Å². The summed E-state index contributed by atoms with van der Waals surface area (Å²) in [6.45, 7) is 2.86. The van der Waals surface area contributed by atoms with Gasteiger partial charge in [0.05, 0.1) is 34.5 Å². The van der Waals surface area contributed by atoms with E-state index >= 15 is 0 Å². The molecule has 0 saturated carbocycles. The van der Waals surface area contributed by atoms with Crippen molar-refractivity contribution >= 4 is 22.8 Å². The van der Waals surface area contributed by atoms with Crippen LogP contribution in [0.3, 0.4) is 0 Å². The molecule has 0 aromatic carbocycles. The molecule has 0 bridgehead atoms. The van der Waals surface area contributed by atoms with Crippen LogP contribution >= 0.6 is 11.3 Å². The number of aromatic nitrogens is 6. The Morgan fingerprint density at radius 1 is 1.33 bits per heavy atom. The summed E-state index contributed by atoms with van der Waals surface area (Å²) in [6, 6.07) is 5.61. The maximum atomic E-state index is 12.8. The van der Waals surface area contributed by atoms with E-state index in [0.717, 1.165) is 28.5 Å². The zero-order valence-electron chi connectivity index (χ0n) is 16.5. The van der Waals surface area contributed by atoms with Crippen molar-refractivity contribution in [2.24, 2.45) is 0 Å². The molecule has 4 aromatic rings. The Balaban J connectivity index is 1.28. The van der Waals surface area contributed by atoms with Crippen molar-refractivity contribution in [1.29, 1.82) is 0 Å². The van der Waals surface area contributed by atoms with Crippen LogP contribution in [0.25, 0.3) is 5.52 Å². The Labute approximate surface area is 176 Å². The number of rotatable bonds is 4. The maximum Gasteiger partial charge on any atom is 0.346 e. The summed E-state index contributed by atoms with van der Waals surface area (Å²) < 4.78 is 4.90. The maximum absolute atomic E-state index is 12.8. The summed E-state index contributed by atoms with van der Waals surface area (Å²) in [4.78, 5) is 30.0. The van der Waals surface area contributed by atoms with Crippen LogP contribution in [0.4, 0.5) is 0 Å². The molecule has 9 nitrogen and oxygen atoms in total. The molecule has 1 unspecified atom stereocenters. The molecule has 0 spiro atoms. The van der Waals surface area contributed by atoms with Crippen molar-refractivity contribution in [1.82, 2.24) is 34.3 Å². The molecule has 1 atom stereocenters. The van der Waals surface area contributed by atoms with E-state index in [-0.39, 0.29) is 17.6 Å². The number of thiazole rings is 1. The van der Waals surface area contributed by atoms with Gasteiger partial charge in [-0.15, -0.1) is 11.3 Å². The van der Waals surface area contributed by atoms with Gasteiger partial charge >= 0.3 is 5.69 Å². The van der Waals surface area contributed by atoms with Crippen molar-refractivity contribution in [3.05, 3.63) is 68.5 Å². The van der Waals surface area contributed by atoms with Crippen molar-refractivity contribution in [3.8, 4) is 0 Å². The van der Waals surface area contributed by atoms with E-state index in [0.29, 0.717) is 31.5 Å². The Hall–Kier alpha value is -3.27. The number of carbonyl (C=O) groups excluding carboxylic acids is 1. The number of carbonyl (C=O) groups is 1. The van der Waals surface area contributed by atoms with Crippen molar-refractivity contribution in [2.75, 3.05) is 0 Å². The topological polar surface area (TPSA) is 99.1 Å². The summed E-state index contributed by atoms with van der Waals surface area (Å²) in [7, 11) is 0. The first-order chi connectivity index (χ1) is 14.6. The molecule has 0 saturated heterocycles. The first-order valence-electron chi connectivity index (χ1n) is 9.89. The molecule has 1 N–H and O–H groups in total. The van der Waals surface area contributed by atoms with Gasteiger partial charge in [0.15, 0.2) is 0 Å². The van der Waals surface area contributed by atoms with Crippen LogP contribution in [0.15, 0.2) is 40.8 Å². The second-order valence-electron chi connectivity index (χ2n) is 7.45. The predicted molar refractivity (Wildman–Crippen MR) is 112 cm³/mol. The fourth-order valence-corrected chi connectivity index (χ4v) is 4.49. The van der Waals surface area contributed by atoms with Crippen molar-refractivity contribution in [2.45, 2.75) is 45.3 Å². The highest BCUT2D eigenvalue weighted by Crippen LogP contribution is 2.15. The van der Waals surface area contributed by atoms with Crippen LogP contribution in [0, 0.1) is 6.92 Å². The molecule has 30 heavy (non-hydrogen) atoms. The second kappa shape index (κ2) is 7.52. The van der Waals surface area contributed by atoms with E-state index in [1.807, 2.05) is 36.7 Å². The molecule has 0 aliphatic carbocycles. The molecular weight excluding hydrogens is 402 g/mol. The van der Waals surface area contributed by atoms with E-state index in [2.05, 4.69) is 20.5 Å². The number of nitrogens with one attached hydrogen (secondary N) is 1. The second-order valence-corrected chi connectivity index (χ2v) is 8.51. The van der Waals surface area contributed by atoms with E-state index in [9.17, 15) is 9.59 Å². The largest absolute Gasteiger partial charge is 0.349 e. The minimum absolute atomic E-state index is 0.0214. The van der Waals surface area contributed by atoms with Gasteiger partial charge in [-0.1, -0.05) is 6.07 Å². The molecule has 1 aliphatic heterocycles. The average molecular weight is 424 g/mol. The number of hydrogen-bond acceptors (Lipinski definition) is 6. The number of aryl methyl sites for hydroxylation is 2. The number of fused-ring (bicyclic) bond motifs is 2. The summed E-state index contributed by atoms with van der Waals surface area (Å²) in [5.74, 6) is 0.622. The summed E-state index contributed by atoms with van der Waals surface area (Å²) in [5.41, 5.74) is 2.06. The SMILES string of the molecule is Cc1nc(Cn2nc3n(c2=O)CCC(NC(=O)c2cnn4ccccc24)CC3)cs1. The Bertz CT molecular complexity index is 1280. The fourth-order valence-electron chi connectivity index (χ4n) is 3.88. The molecule has 0 radical (unpaired) electrons. The molecule has 5 rings (SSSR count). The van der Waals surface area contributed by atoms with E-state index in [4.69, 9.17) is 0 Å². The Morgan fingerprint density at radius 3 is 3.07 bits per heavy atom. The zero-order valence-corrected chi connectivity index (χ0v) is 17.3. The van der Waals surface area contributed by atoms with Gasteiger partial charge in [-0.2, -0.15) is 10.2 Å². The van der Waals surface area contributed by atoms with Crippen molar-refractivity contribution < 1.29 is 4.79 Å². The Kier molecular flexibility index (Phi) is 4.70. The first-order valence-corrected chi connectivity index (χ1v) is 10.8. The van der Waals surface area contributed by atoms with Gasteiger partial charge in [0.1, 0.15) is 5.82 Å². The molecule has 0 fully saturated rings. The quantitative estimate of drug-likeness (QED) is 0.538. The van der Waals surface area contributed by atoms with E-state index in [1.54, 1.807) is 26.6 Å². The smallest absolute Gasteiger partial charge is 0.346 e. The van der Waals surface area contributed by atoms with Gasteiger partial charge in [-0.05, 0) is 31.9 Å². The van der Waals surface area contributed by atoms with Crippen LogP contribution in [-0.2, 0) is 19.5 Å². The van der Waals surface area contributed by atoms with Gasteiger partial charge in [0.25, 0.3) is 5.91 Å². The minimum Gasteiger partial charge on any atom is -0.349 e. The average Bonchev–Trinajstić information content (AvgIpc) is 3.39. The molecule has 1 amide bonds. The zero-order chi connectivity index (χ0) is 20.7. The predicted octanol–water partition coefficient (Wildman–Crippen LogP) is 1.64. The molecule has 5 heterocycles. The first kappa shape index (κ1) is 18.7. The van der Waals surface area contributed by atoms with Gasteiger partial charge in [0.2, 0.25) is 0 Å². The van der Waals surface area contributed by atoms with Gasteiger partial charge in [0, 0.05) is 30.6 Å². The number of nitrogens with zero attached hydrogens (tertiary/aromatic N) is 6. The minimum atomic E-state index is -0.142. The Morgan fingerprint density at radius 2 is 2.23 bits per heavy atom. The lowest BCUT2D eigenvalue weighted by atomic mass is 10.1. The normalized spacial score (nSPS) is 16.4. The lowest BCUT2D eigenvalue weighted by molar-refractivity contribution is 0.0934. The highest BCUT2D eigenvalue weighted by molar-refractivity contribution is 7.09. The highest BCUT2D eigenvalue weighted by Gasteiger charge is 2.23. The number of hydrogen-bond donors (Lipinski definition) is 1. The third kappa shape index (κ3) is 3.43. The molecule has 154 valence electrons. The highest BCUT2D eigenvalue weighted by atomic mass is 32.1. The van der Waals surface area contributed by atoms with Crippen LogP contribution in [0.2, 0.25) is 0 Å². The summed E-state index contributed by atoms with van der Waals surface area (Å²) in [6.07, 6.45) is 5.45. The van der Waals surface area contributed by atoms with E-state index in [1.165, 1.54) is 4.68 Å². The molecule has 1 aliphatic rings. The third-order valence-corrected chi connectivity index (χ3v) is 6.22. The lowest BCUT2D eigenvalue weighted by Gasteiger charge is -2.15. The fraction of sp³-hybridized carbons (Fsp3) is 0.350. The van der Waals surface area contributed by atoms with Crippen LogP contribution in [-0.4, -0.2) is 40.9 Å². The third-order valence-electron chi connectivity index (χ3n) is 5.40. The van der Waals surface area contributed by atoms with Crippen molar-refractivity contribution in [3.63, 3.8) is 0 Å². The summed E-state index contributed by atoms with van der Waals surface area (Å²) in [5, 5.41) is 14.8. The standard InChI is InChI=1S/C20H21N7O2S/c1-13-22-15(12-30-13)11-27-20(29)25-9-7-14(5-6-18(25)24-27)23-19(28)16-10-21-26-8-3-2-4-17(16)26/h2-4,8,10,12,14H,5-7,9,11H2,1H3,(H,23,28).